The molecule has 0 radical (unpaired) electrons. The lowest BCUT2D eigenvalue weighted by atomic mass is 10.1. The molecule has 0 spiro atoms. The predicted molar refractivity (Wildman–Crippen MR) is 106 cm³/mol. The summed E-state index contributed by atoms with van der Waals surface area (Å²) in [5, 5.41) is 7.77. The fourth-order valence-corrected chi connectivity index (χ4v) is 3.03. The highest BCUT2D eigenvalue weighted by atomic mass is 79.9. The van der Waals surface area contributed by atoms with Gasteiger partial charge in [-0.25, -0.2) is 4.79 Å². The summed E-state index contributed by atoms with van der Waals surface area (Å²) < 4.78 is 6.97. The van der Waals surface area contributed by atoms with Gasteiger partial charge in [0.2, 0.25) is 0 Å². The molecule has 1 amide bonds. The minimum absolute atomic E-state index is 0.338. The van der Waals surface area contributed by atoms with E-state index in [1.54, 1.807) is 23.0 Å². The maximum Gasteiger partial charge on any atom is 0.337 e. The van der Waals surface area contributed by atoms with Gasteiger partial charge in [0.1, 0.15) is 0 Å². The van der Waals surface area contributed by atoms with Gasteiger partial charge in [-0.2, -0.15) is 5.10 Å². The van der Waals surface area contributed by atoms with Crippen LogP contribution in [0.3, 0.4) is 0 Å². The number of esters is 1. The van der Waals surface area contributed by atoms with Gasteiger partial charge in [0.05, 0.1) is 23.7 Å². The average Bonchev–Trinajstić information content (AvgIpc) is 3.02. The van der Waals surface area contributed by atoms with Crippen molar-refractivity contribution in [2.75, 3.05) is 12.4 Å². The van der Waals surface area contributed by atoms with Gasteiger partial charge in [0.25, 0.3) is 5.91 Å². The number of hydrogen-bond donors (Lipinski definition) is 1. The second-order valence-electron chi connectivity index (χ2n) is 5.64. The van der Waals surface area contributed by atoms with Crippen LogP contribution in [0, 0.1) is 0 Å². The largest absolute Gasteiger partial charge is 0.465 e. The second kappa shape index (κ2) is 8.37. The molecule has 1 N–H and O–H groups in total. The molecule has 0 atom stereocenters. The van der Waals surface area contributed by atoms with Crippen LogP contribution >= 0.6 is 27.5 Å². The van der Waals surface area contributed by atoms with Gasteiger partial charge in [-0.05, 0) is 51.8 Å². The van der Waals surface area contributed by atoms with Crippen LogP contribution < -0.4 is 5.32 Å². The topological polar surface area (TPSA) is 73.2 Å². The zero-order valence-corrected chi connectivity index (χ0v) is 16.6. The van der Waals surface area contributed by atoms with Crippen molar-refractivity contribution in [1.82, 2.24) is 9.78 Å². The van der Waals surface area contributed by atoms with Crippen molar-refractivity contribution in [2.45, 2.75) is 6.54 Å². The van der Waals surface area contributed by atoms with E-state index < -0.39 is 5.97 Å². The van der Waals surface area contributed by atoms with E-state index in [-0.39, 0.29) is 5.91 Å². The molecule has 0 bridgehead atoms. The lowest BCUT2D eigenvalue weighted by Gasteiger charge is -2.05. The molecular formula is C19H15BrClN3O3. The first-order chi connectivity index (χ1) is 13.0. The molecule has 2 aromatic carbocycles. The van der Waals surface area contributed by atoms with Crippen molar-refractivity contribution >= 4 is 45.2 Å². The Balaban J connectivity index is 1.72. The number of aromatic nitrogens is 2. The first-order valence-corrected chi connectivity index (χ1v) is 9.11. The van der Waals surface area contributed by atoms with E-state index in [1.165, 1.54) is 19.2 Å². The lowest BCUT2D eigenvalue weighted by Crippen LogP contribution is -2.13. The van der Waals surface area contributed by atoms with Crippen molar-refractivity contribution in [1.29, 1.82) is 0 Å². The number of nitrogens with one attached hydrogen (secondary N) is 1. The molecule has 0 saturated heterocycles. The van der Waals surface area contributed by atoms with Gasteiger partial charge >= 0.3 is 5.97 Å². The summed E-state index contributed by atoms with van der Waals surface area (Å²) >= 11 is 9.57. The van der Waals surface area contributed by atoms with Crippen LogP contribution in [-0.4, -0.2) is 28.8 Å². The Hall–Kier alpha value is -2.64. The standard InChI is InChI=1S/C19H15BrClN3O3/c1-27-19(26)13-8-6-12(7-9-13)18(25)22-17-15(20)11-24(23-17)10-14-4-2-3-5-16(14)21/h2-9,11H,10H2,1H3,(H,22,23,25). The summed E-state index contributed by atoms with van der Waals surface area (Å²) in [6.45, 7) is 0.474. The maximum atomic E-state index is 12.4. The molecule has 0 saturated carbocycles. The number of hydrogen-bond acceptors (Lipinski definition) is 4. The molecule has 3 aromatic rings. The number of amides is 1. The molecular weight excluding hydrogens is 434 g/mol. The summed E-state index contributed by atoms with van der Waals surface area (Å²) in [6, 6.07) is 13.7. The zero-order valence-electron chi connectivity index (χ0n) is 14.3. The maximum absolute atomic E-state index is 12.4. The number of carbonyl (C=O) groups is 2. The van der Waals surface area contributed by atoms with Crippen molar-refractivity contribution in [2.24, 2.45) is 0 Å². The molecule has 8 heteroatoms. The van der Waals surface area contributed by atoms with Gasteiger partial charge < -0.3 is 10.1 Å². The monoisotopic (exact) mass is 447 g/mol. The highest BCUT2D eigenvalue weighted by Gasteiger charge is 2.14. The van der Waals surface area contributed by atoms with E-state index in [2.05, 4.69) is 31.1 Å². The normalized spacial score (nSPS) is 10.5. The highest BCUT2D eigenvalue weighted by Crippen LogP contribution is 2.23. The molecule has 27 heavy (non-hydrogen) atoms. The smallest absolute Gasteiger partial charge is 0.337 e. The van der Waals surface area contributed by atoms with E-state index in [4.69, 9.17) is 11.6 Å². The molecule has 0 aliphatic carbocycles. The zero-order chi connectivity index (χ0) is 19.4. The molecule has 0 fully saturated rings. The van der Waals surface area contributed by atoms with E-state index in [0.717, 1.165) is 5.56 Å². The van der Waals surface area contributed by atoms with Crippen molar-refractivity contribution in [3.63, 3.8) is 0 Å². The number of ether oxygens (including phenoxy) is 1. The van der Waals surface area contributed by atoms with Gasteiger partial charge in [0.15, 0.2) is 5.82 Å². The molecule has 138 valence electrons. The minimum Gasteiger partial charge on any atom is -0.465 e. The molecule has 0 unspecified atom stereocenters. The highest BCUT2D eigenvalue weighted by molar-refractivity contribution is 9.10. The van der Waals surface area contributed by atoms with Crippen LogP contribution in [0.1, 0.15) is 26.3 Å². The quantitative estimate of drug-likeness (QED) is 0.588. The van der Waals surface area contributed by atoms with Crippen LogP contribution in [0.15, 0.2) is 59.2 Å². The van der Waals surface area contributed by atoms with Gasteiger partial charge in [-0.15, -0.1) is 0 Å². The molecule has 1 heterocycles. The van der Waals surface area contributed by atoms with E-state index >= 15 is 0 Å². The minimum atomic E-state index is -0.456. The van der Waals surface area contributed by atoms with Crippen molar-refractivity contribution in [3.05, 3.63) is 80.9 Å². The first-order valence-electron chi connectivity index (χ1n) is 7.94. The Morgan fingerprint density at radius 3 is 2.48 bits per heavy atom. The Morgan fingerprint density at radius 2 is 1.81 bits per heavy atom. The summed E-state index contributed by atoms with van der Waals surface area (Å²) in [7, 11) is 1.30. The Morgan fingerprint density at radius 1 is 1.15 bits per heavy atom. The fourth-order valence-electron chi connectivity index (χ4n) is 2.42. The number of halogens is 2. The summed E-state index contributed by atoms with van der Waals surface area (Å²) in [5.41, 5.74) is 1.69. The SMILES string of the molecule is COC(=O)c1ccc(C(=O)Nc2nn(Cc3ccccc3Cl)cc2Br)cc1. The van der Waals surface area contributed by atoms with Crippen LogP contribution in [0.4, 0.5) is 5.82 Å². The third kappa shape index (κ3) is 4.56. The Kier molecular flexibility index (Phi) is 5.93. The number of anilines is 1. The van der Waals surface area contributed by atoms with E-state index in [1.807, 2.05) is 24.3 Å². The van der Waals surface area contributed by atoms with Crippen LogP contribution in [-0.2, 0) is 11.3 Å². The van der Waals surface area contributed by atoms with Gasteiger partial charge in [-0.1, -0.05) is 29.8 Å². The van der Waals surface area contributed by atoms with E-state index in [9.17, 15) is 9.59 Å². The fraction of sp³-hybridized carbons (Fsp3) is 0.105. The molecule has 3 rings (SSSR count). The summed E-state index contributed by atoms with van der Waals surface area (Å²) in [5.74, 6) is -0.401. The number of carbonyl (C=O) groups excluding carboxylic acids is 2. The Bertz CT molecular complexity index is 986. The van der Waals surface area contributed by atoms with Crippen LogP contribution in [0.2, 0.25) is 5.02 Å². The molecule has 6 nitrogen and oxygen atoms in total. The average molecular weight is 449 g/mol. The molecule has 0 aliphatic rings. The van der Waals surface area contributed by atoms with Crippen molar-refractivity contribution < 1.29 is 14.3 Å². The van der Waals surface area contributed by atoms with Gasteiger partial charge in [0, 0.05) is 16.8 Å². The predicted octanol–water partition coefficient (Wildman–Crippen LogP) is 4.39. The number of nitrogens with zero attached hydrogens (tertiary/aromatic N) is 2. The third-order valence-corrected chi connectivity index (χ3v) is 4.76. The first kappa shape index (κ1) is 19.1. The van der Waals surface area contributed by atoms with E-state index in [0.29, 0.717) is 33.0 Å². The molecule has 0 aliphatic heterocycles. The molecule has 1 aromatic heterocycles. The van der Waals surface area contributed by atoms with Crippen molar-refractivity contribution in [3.8, 4) is 0 Å². The Labute approximate surface area is 169 Å². The van der Waals surface area contributed by atoms with Crippen LogP contribution in [0.5, 0.6) is 0 Å². The second-order valence-corrected chi connectivity index (χ2v) is 6.90. The summed E-state index contributed by atoms with van der Waals surface area (Å²) in [4.78, 5) is 23.9. The number of benzene rings is 2. The third-order valence-electron chi connectivity index (χ3n) is 3.81. The number of methoxy groups -OCH3 is 1. The summed E-state index contributed by atoms with van der Waals surface area (Å²) in [6.07, 6.45) is 1.76. The van der Waals surface area contributed by atoms with Gasteiger partial charge in [-0.3, -0.25) is 9.48 Å². The lowest BCUT2D eigenvalue weighted by molar-refractivity contribution is 0.0600. The van der Waals surface area contributed by atoms with Crippen LogP contribution in [0.25, 0.3) is 0 Å². The number of rotatable bonds is 5.